The first-order chi connectivity index (χ1) is 15.7. The van der Waals surface area contributed by atoms with Crippen LogP contribution in [0.15, 0.2) is 71.6 Å². The van der Waals surface area contributed by atoms with Crippen LogP contribution in [0.3, 0.4) is 0 Å². The van der Waals surface area contributed by atoms with E-state index in [2.05, 4.69) is 4.72 Å². The Morgan fingerprint density at radius 2 is 1.64 bits per heavy atom. The molecule has 0 saturated heterocycles. The zero-order valence-electron chi connectivity index (χ0n) is 18.5. The SMILES string of the molecule is COc1ccc(CN(C)C(=O)Cc2ccc(NS(=O)(=O)c3ccc(F)cc3)cc2)c(OC)c1. The highest BCUT2D eigenvalue weighted by Gasteiger charge is 2.16. The molecular weight excluding hydrogens is 447 g/mol. The molecule has 174 valence electrons. The predicted molar refractivity (Wildman–Crippen MR) is 123 cm³/mol. The molecule has 0 aliphatic rings. The molecule has 0 fully saturated rings. The van der Waals surface area contributed by atoms with Gasteiger partial charge in [0.2, 0.25) is 5.91 Å². The van der Waals surface area contributed by atoms with Crippen molar-refractivity contribution in [2.45, 2.75) is 17.9 Å². The van der Waals surface area contributed by atoms with Crippen LogP contribution in [0.4, 0.5) is 10.1 Å². The number of carbonyl (C=O) groups excluding carboxylic acids is 1. The van der Waals surface area contributed by atoms with Gasteiger partial charge < -0.3 is 14.4 Å². The summed E-state index contributed by atoms with van der Waals surface area (Å²) in [5, 5.41) is 0. The van der Waals surface area contributed by atoms with Crippen LogP contribution in [0.5, 0.6) is 11.5 Å². The summed E-state index contributed by atoms with van der Waals surface area (Å²) in [5.74, 6) is 0.678. The van der Waals surface area contributed by atoms with Crippen LogP contribution < -0.4 is 14.2 Å². The van der Waals surface area contributed by atoms with Crippen molar-refractivity contribution in [2.24, 2.45) is 0 Å². The summed E-state index contributed by atoms with van der Waals surface area (Å²) < 4.78 is 50.9. The molecule has 1 N–H and O–H groups in total. The number of anilines is 1. The highest BCUT2D eigenvalue weighted by atomic mass is 32.2. The quantitative estimate of drug-likeness (QED) is 0.512. The van der Waals surface area contributed by atoms with E-state index in [1.54, 1.807) is 56.5 Å². The largest absolute Gasteiger partial charge is 0.497 e. The molecule has 3 aromatic carbocycles. The third-order valence-electron chi connectivity index (χ3n) is 5.01. The normalized spacial score (nSPS) is 11.0. The highest BCUT2D eigenvalue weighted by molar-refractivity contribution is 7.92. The Bertz CT molecular complexity index is 1210. The molecule has 0 saturated carbocycles. The molecule has 0 unspecified atom stereocenters. The lowest BCUT2D eigenvalue weighted by Gasteiger charge is -2.19. The van der Waals surface area contributed by atoms with Crippen LogP contribution in [0.25, 0.3) is 0 Å². The van der Waals surface area contributed by atoms with Gasteiger partial charge in [0.05, 0.1) is 25.5 Å². The smallest absolute Gasteiger partial charge is 0.261 e. The van der Waals surface area contributed by atoms with E-state index in [9.17, 15) is 17.6 Å². The van der Waals surface area contributed by atoms with Crippen LogP contribution >= 0.6 is 0 Å². The number of hydrogen-bond donors (Lipinski definition) is 1. The minimum Gasteiger partial charge on any atom is -0.497 e. The van der Waals surface area contributed by atoms with Crippen molar-refractivity contribution in [1.82, 2.24) is 4.90 Å². The second-order valence-electron chi connectivity index (χ2n) is 7.36. The van der Waals surface area contributed by atoms with E-state index in [1.165, 1.54) is 12.1 Å². The van der Waals surface area contributed by atoms with Crippen LogP contribution in [-0.2, 0) is 27.8 Å². The number of benzene rings is 3. The van der Waals surface area contributed by atoms with Gasteiger partial charge in [-0.25, -0.2) is 12.8 Å². The summed E-state index contributed by atoms with van der Waals surface area (Å²) in [7, 11) is 1.00. The molecule has 1 amide bonds. The molecule has 3 rings (SSSR count). The number of nitrogens with zero attached hydrogens (tertiary/aromatic N) is 1. The standard InChI is InChI=1S/C24H25FN2O5S/c1-27(16-18-6-11-21(31-2)15-23(18)32-3)24(28)14-17-4-9-20(10-5-17)26-33(29,30)22-12-7-19(25)8-13-22/h4-13,15,26H,14,16H2,1-3H3. The first-order valence-electron chi connectivity index (χ1n) is 10.0. The summed E-state index contributed by atoms with van der Waals surface area (Å²) >= 11 is 0. The van der Waals surface area contributed by atoms with Crippen molar-refractivity contribution >= 4 is 21.6 Å². The molecule has 7 nitrogen and oxygen atoms in total. The van der Waals surface area contributed by atoms with Gasteiger partial charge >= 0.3 is 0 Å². The molecule has 0 heterocycles. The molecule has 0 aromatic heterocycles. The van der Waals surface area contributed by atoms with E-state index in [0.29, 0.717) is 23.7 Å². The van der Waals surface area contributed by atoms with Gasteiger partial charge in [-0.1, -0.05) is 12.1 Å². The van der Waals surface area contributed by atoms with Crippen LogP contribution in [0.2, 0.25) is 0 Å². The fourth-order valence-corrected chi connectivity index (χ4v) is 4.21. The van der Waals surface area contributed by atoms with Gasteiger partial charge in [-0.2, -0.15) is 0 Å². The second kappa shape index (κ2) is 10.4. The van der Waals surface area contributed by atoms with Crippen LogP contribution in [-0.4, -0.2) is 40.5 Å². The molecule has 0 atom stereocenters. The van der Waals surface area contributed by atoms with E-state index in [1.807, 2.05) is 12.1 Å². The maximum atomic E-state index is 13.0. The van der Waals surface area contributed by atoms with Crippen LogP contribution in [0.1, 0.15) is 11.1 Å². The van der Waals surface area contributed by atoms with Gasteiger partial charge in [-0.05, 0) is 54.1 Å². The Labute approximate surface area is 192 Å². The van der Waals surface area contributed by atoms with Gasteiger partial charge in [0.15, 0.2) is 0 Å². The third kappa shape index (κ3) is 6.23. The highest BCUT2D eigenvalue weighted by Crippen LogP contribution is 2.25. The summed E-state index contributed by atoms with van der Waals surface area (Å²) in [5.41, 5.74) is 1.92. The van der Waals surface area contributed by atoms with Crippen LogP contribution in [0, 0.1) is 5.82 Å². The van der Waals surface area contributed by atoms with Crippen molar-refractivity contribution < 1.29 is 27.1 Å². The van der Waals surface area contributed by atoms with Crippen molar-refractivity contribution in [2.75, 3.05) is 26.0 Å². The number of halogens is 1. The summed E-state index contributed by atoms with van der Waals surface area (Å²) in [6.07, 6.45) is 0.153. The van der Waals surface area contributed by atoms with Crippen molar-refractivity contribution in [1.29, 1.82) is 0 Å². The average Bonchev–Trinajstić information content (AvgIpc) is 2.80. The molecule has 0 bridgehead atoms. The van der Waals surface area contributed by atoms with Crippen molar-refractivity contribution in [3.63, 3.8) is 0 Å². The minimum absolute atomic E-state index is 0.0428. The van der Waals surface area contributed by atoms with E-state index >= 15 is 0 Å². The number of carbonyl (C=O) groups is 1. The lowest BCUT2D eigenvalue weighted by molar-refractivity contribution is -0.129. The zero-order valence-corrected chi connectivity index (χ0v) is 19.4. The average molecular weight is 473 g/mol. The van der Waals surface area contributed by atoms with Crippen molar-refractivity contribution in [3.8, 4) is 11.5 Å². The third-order valence-corrected chi connectivity index (χ3v) is 6.41. The monoisotopic (exact) mass is 472 g/mol. The van der Waals surface area contributed by atoms with Gasteiger partial charge in [0.1, 0.15) is 17.3 Å². The Hall–Kier alpha value is -3.59. The maximum absolute atomic E-state index is 13.0. The number of hydrogen-bond acceptors (Lipinski definition) is 5. The number of likely N-dealkylation sites (N-methyl/N-ethyl adjacent to an activating group) is 1. The Morgan fingerprint density at radius 3 is 2.24 bits per heavy atom. The maximum Gasteiger partial charge on any atom is 0.261 e. The number of ether oxygens (including phenoxy) is 2. The number of rotatable bonds is 9. The zero-order chi connectivity index (χ0) is 24.0. The molecule has 0 aliphatic heterocycles. The summed E-state index contributed by atoms with van der Waals surface area (Å²) in [6.45, 7) is 0.363. The molecule has 33 heavy (non-hydrogen) atoms. The number of sulfonamides is 1. The summed E-state index contributed by atoms with van der Waals surface area (Å²) in [6, 6.07) is 16.5. The summed E-state index contributed by atoms with van der Waals surface area (Å²) in [4.78, 5) is 14.2. The fraction of sp³-hybridized carbons (Fsp3) is 0.208. The Morgan fingerprint density at radius 1 is 0.970 bits per heavy atom. The van der Waals surface area contributed by atoms with Gasteiger partial charge in [0.25, 0.3) is 10.0 Å². The van der Waals surface area contributed by atoms with Gasteiger partial charge in [0, 0.05) is 30.9 Å². The molecule has 3 aromatic rings. The Balaban J connectivity index is 1.62. The van der Waals surface area contributed by atoms with Crippen molar-refractivity contribution in [3.05, 3.63) is 83.7 Å². The molecule has 9 heteroatoms. The molecule has 0 spiro atoms. The molecule has 0 aliphatic carbocycles. The Kier molecular flexibility index (Phi) is 7.55. The number of amides is 1. The fourth-order valence-electron chi connectivity index (χ4n) is 3.15. The minimum atomic E-state index is -3.84. The lowest BCUT2D eigenvalue weighted by atomic mass is 10.1. The van der Waals surface area contributed by atoms with E-state index in [4.69, 9.17) is 9.47 Å². The van der Waals surface area contributed by atoms with E-state index in [-0.39, 0.29) is 17.2 Å². The van der Waals surface area contributed by atoms with Gasteiger partial charge in [-0.3, -0.25) is 9.52 Å². The lowest BCUT2D eigenvalue weighted by Crippen LogP contribution is -2.27. The molecule has 0 radical (unpaired) electrons. The number of methoxy groups -OCH3 is 2. The predicted octanol–water partition coefficient (Wildman–Crippen LogP) is 3.84. The second-order valence-corrected chi connectivity index (χ2v) is 9.04. The first-order valence-corrected chi connectivity index (χ1v) is 11.5. The van der Waals surface area contributed by atoms with E-state index in [0.717, 1.165) is 23.3 Å². The first kappa shape index (κ1) is 24.1. The molecular formula is C24H25FN2O5S. The van der Waals surface area contributed by atoms with Gasteiger partial charge in [-0.15, -0.1) is 0 Å². The topological polar surface area (TPSA) is 84.9 Å². The number of nitrogens with one attached hydrogen (secondary N) is 1. The van der Waals surface area contributed by atoms with E-state index < -0.39 is 15.8 Å².